The Morgan fingerprint density at radius 1 is 1.05 bits per heavy atom. The minimum atomic E-state index is -4.50. The maximum Gasteiger partial charge on any atom is 0.416 e. The Morgan fingerprint density at radius 2 is 1.79 bits per heavy atom. The van der Waals surface area contributed by atoms with Crippen LogP contribution < -0.4 is 9.91 Å². The lowest BCUT2D eigenvalue weighted by atomic mass is 9.67. The highest BCUT2D eigenvalue weighted by Gasteiger charge is 2.60. The molecule has 0 aromatic heterocycles. The summed E-state index contributed by atoms with van der Waals surface area (Å²) >= 11 is 0. The Bertz CT molecular complexity index is 1540. The van der Waals surface area contributed by atoms with Crippen LogP contribution in [0.4, 0.5) is 24.5 Å². The number of piperazine rings is 1. The molecule has 0 N–H and O–H groups in total. The van der Waals surface area contributed by atoms with Crippen LogP contribution in [-0.2, 0) is 28.7 Å². The smallest absolute Gasteiger partial charge is 0.416 e. The van der Waals surface area contributed by atoms with Gasteiger partial charge in [-0.2, -0.15) is 23.3 Å². The number of esters is 1. The maximum atomic E-state index is 14.5. The third-order valence-electron chi connectivity index (χ3n) is 8.56. The number of anilines is 2. The van der Waals surface area contributed by atoms with E-state index in [-0.39, 0.29) is 25.0 Å². The first-order valence-electron chi connectivity index (χ1n) is 14.0. The van der Waals surface area contributed by atoms with Crippen molar-refractivity contribution in [2.24, 2.45) is 10.5 Å². The van der Waals surface area contributed by atoms with Crippen molar-refractivity contribution in [1.29, 1.82) is 0 Å². The zero-order chi connectivity index (χ0) is 29.6. The quantitative estimate of drug-likeness (QED) is 0.374. The number of ether oxygens (including phenoxy) is 1. The van der Waals surface area contributed by atoms with Gasteiger partial charge in [-0.25, -0.2) is 4.79 Å². The fraction of sp³-hybridized carbons (Fsp3) is 0.344. The molecule has 0 aliphatic carbocycles. The summed E-state index contributed by atoms with van der Waals surface area (Å²) in [4.78, 5) is 31.0. The molecule has 3 aliphatic heterocycles. The summed E-state index contributed by atoms with van der Waals surface area (Å²) in [5, 5.41) is 6.02. The van der Waals surface area contributed by atoms with Gasteiger partial charge in [0.2, 0.25) is 0 Å². The van der Waals surface area contributed by atoms with Gasteiger partial charge in [0.1, 0.15) is 5.41 Å². The Balaban J connectivity index is 1.38. The number of benzene rings is 3. The van der Waals surface area contributed by atoms with Crippen LogP contribution in [0.1, 0.15) is 40.9 Å². The number of rotatable bonds is 5. The number of alkyl halides is 3. The van der Waals surface area contributed by atoms with Crippen LogP contribution in [0.25, 0.3) is 0 Å². The Kier molecular flexibility index (Phi) is 7.04. The summed E-state index contributed by atoms with van der Waals surface area (Å²) in [6.45, 7) is 6.26. The van der Waals surface area contributed by atoms with Crippen molar-refractivity contribution in [3.8, 4) is 0 Å². The van der Waals surface area contributed by atoms with E-state index in [4.69, 9.17) is 4.74 Å². The van der Waals surface area contributed by atoms with Gasteiger partial charge in [-0.05, 0) is 73.9 Å². The third kappa shape index (κ3) is 4.73. The van der Waals surface area contributed by atoms with Crippen molar-refractivity contribution in [2.75, 3.05) is 36.1 Å². The Labute approximate surface area is 242 Å². The van der Waals surface area contributed by atoms with E-state index in [1.54, 1.807) is 44.2 Å². The zero-order valence-corrected chi connectivity index (χ0v) is 23.4. The van der Waals surface area contributed by atoms with Crippen LogP contribution in [0.5, 0.6) is 0 Å². The molecule has 0 radical (unpaired) electrons. The summed E-state index contributed by atoms with van der Waals surface area (Å²) < 4.78 is 46.3. The van der Waals surface area contributed by atoms with E-state index in [0.29, 0.717) is 48.7 Å². The standard InChI is InChI=1S/C32H31F3N4O3/c1-3-42-29(40)23-9-12-26(13-10-23)39-30(41)31(21(2)36-39)18-24-17-25(32(33,34)35)11-14-27(24)38-16-15-37(20-28(31)38)19-22-7-5-4-6-8-22/h4-14,17,28H,3,15-16,18-20H2,1-2H3/t28-,31-/m1/s1. The number of carbonyl (C=O) groups excluding carboxylic acids is 2. The second kappa shape index (κ2) is 10.6. The van der Waals surface area contributed by atoms with Crippen molar-refractivity contribution < 1.29 is 27.5 Å². The van der Waals surface area contributed by atoms with Gasteiger partial charge in [-0.1, -0.05) is 30.3 Å². The summed E-state index contributed by atoms with van der Waals surface area (Å²) in [6.07, 6.45) is -4.39. The average molecular weight is 577 g/mol. The summed E-state index contributed by atoms with van der Waals surface area (Å²) in [7, 11) is 0. The normalized spacial score (nSPS) is 22.2. The third-order valence-corrected chi connectivity index (χ3v) is 8.56. The first-order chi connectivity index (χ1) is 20.1. The molecule has 3 heterocycles. The molecular weight excluding hydrogens is 545 g/mol. The number of amides is 1. The van der Waals surface area contributed by atoms with E-state index in [1.165, 1.54) is 11.1 Å². The van der Waals surface area contributed by atoms with Gasteiger partial charge >= 0.3 is 12.1 Å². The molecule has 3 aromatic rings. The van der Waals surface area contributed by atoms with Gasteiger partial charge in [0.25, 0.3) is 5.91 Å². The second-order valence-corrected chi connectivity index (χ2v) is 11.0. The molecule has 1 spiro atoms. The predicted octanol–water partition coefficient (Wildman–Crippen LogP) is 5.54. The zero-order valence-electron chi connectivity index (χ0n) is 23.4. The lowest BCUT2D eigenvalue weighted by Gasteiger charge is -2.53. The van der Waals surface area contributed by atoms with Gasteiger partial charge < -0.3 is 9.64 Å². The molecule has 10 heteroatoms. The maximum absolute atomic E-state index is 14.5. The lowest BCUT2D eigenvalue weighted by molar-refractivity contribution is -0.137. The molecule has 0 unspecified atom stereocenters. The van der Waals surface area contributed by atoms with Crippen LogP contribution in [0, 0.1) is 5.41 Å². The molecule has 3 aromatic carbocycles. The van der Waals surface area contributed by atoms with E-state index in [0.717, 1.165) is 17.3 Å². The van der Waals surface area contributed by atoms with Gasteiger partial charge in [0.15, 0.2) is 0 Å². The van der Waals surface area contributed by atoms with Crippen LogP contribution in [0.15, 0.2) is 77.9 Å². The summed E-state index contributed by atoms with van der Waals surface area (Å²) in [6, 6.07) is 20.0. The minimum absolute atomic E-state index is 0.109. The molecule has 1 amide bonds. The predicted molar refractivity (Wildman–Crippen MR) is 153 cm³/mol. The monoisotopic (exact) mass is 576 g/mol. The fourth-order valence-corrected chi connectivity index (χ4v) is 6.48. The van der Waals surface area contributed by atoms with E-state index in [9.17, 15) is 22.8 Å². The molecule has 6 rings (SSSR count). The van der Waals surface area contributed by atoms with E-state index >= 15 is 0 Å². The Morgan fingerprint density at radius 3 is 2.48 bits per heavy atom. The molecule has 7 nitrogen and oxygen atoms in total. The highest BCUT2D eigenvalue weighted by atomic mass is 19.4. The highest BCUT2D eigenvalue weighted by Crippen LogP contribution is 2.49. The van der Waals surface area contributed by atoms with Crippen molar-refractivity contribution in [1.82, 2.24) is 4.90 Å². The van der Waals surface area contributed by atoms with Crippen LogP contribution >= 0.6 is 0 Å². The number of carbonyl (C=O) groups is 2. The lowest BCUT2D eigenvalue weighted by Crippen LogP contribution is -2.66. The van der Waals surface area contributed by atoms with Crippen molar-refractivity contribution in [2.45, 2.75) is 39.0 Å². The topological polar surface area (TPSA) is 65.5 Å². The van der Waals surface area contributed by atoms with Crippen LogP contribution in [0.2, 0.25) is 0 Å². The van der Waals surface area contributed by atoms with E-state index < -0.39 is 23.1 Å². The van der Waals surface area contributed by atoms with Crippen molar-refractivity contribution in [3.05, 3.63) is 95.1 Å². The number of fused-ring (bicyclic) bond motifs is 4. The van der Waals surface area contributed by atoms with E-state index in [2.05, 4.69) is 27.0 Å². The van der Waals surface area contributed by atoms with Crippen LogP contribution in [-0.4, -0.2) is 54.8 Å². The molecule has 0 bridgehead atoms. The molecule has 3 aliphatic rings. The Hall–Kier alpha value is -4.18. The SMILES string of the molecule is CCOC(=O)c1ccc(N2N=C(C)[C@@]3(Cc4cc(C(F)(F)F)ccc4N4CCN(Cc5ccccc5)C[C@@H]43)C2=O)cc1. The van der Waals surface area contributed by atoms with Gasteiger partial charge in [0, 0.05) is 31.9 Å². The molecule has 1 fully saturated rings. The van der Waals surface area contributed by atoms with E-state index in [1.807, 2.05) is 18.2 Å². The summed E-state index contributed by atoms with van der Waals surface area (Å²) in [5.74, 6) is -0.753. The largest absolute Gasteiger partial charge is 0.462 e. The number of hydrazone groups is 1. The molecular formula is C32H31F3N4O3. The van der Waals surface area contributed by atoms with Crippen molar-refractivity contribution in [3.63, 3.8) is 0 Å². The fourth-order valence-electron chi connectivity index (χ4n) is 6.48. The molecule has 2 atom stereocenters. The second-order valence-electron chi connectivity index (χ2n) is 11.0. The molecule has 0 saturated carbocycles. The van der Waals surface area contributed by atoms with Crippen LogP contribution in [0.3, 0.4) is 0 Å². The molecule has 218 valence electrons. The molecule has 1 saturated heterocycles. The number of nitrogens with zero attached hydrogens (tertiary/aromatic N) is 4. The highest BCUT2D eigenvalue weighted by molar-refractivity contribution is 6.20. The number of hydrogen-bond donors (Lipinski definition) is 0. The van der Waals surface area contributed by atoms with Gasteiger partial charge in [0.05, 0.1) is 35.2 Å². The minimum Gasteiger partial charge on any atom is -0.462 e. The first-order valence-corrected chi connectivity index (χ1v) is 14.0. The number of hydrogen-bond acceptors (Lipinski definition) is 6. The van der Waals surface area contributed by atoms with Gasteiger partial charge in [-0.15, -0.1) is 0 Å². The molecule has 42 heavy (non-hydrogen) atoms. The average Bonchev–Trinajstić information content (AvgIpc) is 3.22. The van der Waals surface area contributed by atoms with Crippen molar-refractivity contribution >= 4 is 29.0 Å². The first kappa shape index (κ1) is 28.0. The number of halogens is 3. The van der Waals surface area contributed by atoms with Gasteiger partial charge in [-0.3, -0.25) is 9.69 Å². The summed E-state index contributed by atoms with van der Waals surface area (Å²) in [5.41, 5.74) is 1.86.